The molecule has 1 heteroatoms. The monoisotopic (exact) mass is 258 g/mol. The van der Waals surface area contributed by atoms with Gasteiger partial charge in [0, 0.05) is 0 Å². The van der Waals surface area contributed by atoms with Crippen molar-refractivity contribution < 1.29 is 5.11 Å². The van der Waals surface area contributed by atoms with Crippen LogP contribution in [0.2, 0.25) is 0 Å². The van der Waals surface area contributed by atoms with Crippen molar-refractivity contribution in [1.29, 1.82) is 0 Å². The summed E-state index contributed by atoms with van der Waals surface area (Å²) in [5.74, 6) is 1.21. The fraction of sp³-hybridized carbons (Fsp3) is 0.667. The van der Waals surface area contributed by atoms with E-state index < -0.39 is 0 Å². The minimum absolute atomic E-state index is 0.268. The van der Waals surface area contributed by atoms with Crippen molar-refractivity contribution >= 4 is 0 Å². The second-order valence-electron chi connectivity index (χ2n) is 7.25. The summed E-state index contributed by atoms with van der Waals surface area (Å²) in [7, 11) is 0. The molecule has 3 rings (SSSR count). The molecule has 19 heavy (non-hydrogen) atoms. The molecule has 0 aliphatic heterocycles. The van der Waals surface area contributed by atoms with Gasteiger partial charge >= 0.3 is 0 Å². The van der Waals surface area contributed by atoms with Crippen molar-refractivity contribution in [3.05, 3.63) is 35.4 Å². The van der Waals surface area contributed by atoms with Crippen molar-refractivity contribution in [2.45, 2.75) is 64.4 Å². The molecule has 0 saturated heterocycles. The Kier molecular flexibility index (Phi) is 3.42. The number of hydrogen-bond donors (Lipinski definition) is 1. The van der Waals surface area contributed by atoms with Gasteiger partial charge in [0.25, 0.3) is 0 Å². The van der Waals surface area contributed by atoms with Crippen LogP contribution in [0.15, 0.2) is 24.3 Å². The molecule has 2 saturated carbocycles. The first-order chi connectivity index (χ1) is 9.08. The summed E-state index contributed by atoms with van der Waals surface area (Å²) in [5.41, 5.74) is 2.92. The highest BCUT2D eigenvalue weighted by atomic mass is 16.3. The quantitative estimate of drug-likeness (QED) is 0.824. The second-order valence-corrected chi connectivity index (χ2v) is 7.25. The fourth-order valence-electron chi connectivity index (χ4n) is 3.68. The summed E-state index contributed by atoms with van der Waals surface area (Å²) >= 11 is 0. The Morgan fingerprint density at radius 3 is 2.16 bits per heavy atom. The summed E-state index contributed by atoms with van der Waals surface area (Å²) in [6.45, 7) is 4.49. The van der Waals surface area contributed by atoms with E-state index in [-0.39, 0.29) is 6.10 Å². The topological polar surface area (TPSA) is 20.2 Å². The Morgan fingerprint density at radius 2 is 1.63 bits per heavy atom. The SMILES string of the molecule is CC1(C)CC1C(O)c1ccc(C2CCCCC2)cc1. The van der Waals surface area contributed by atoms with Gasteiger partial charge in [-0.2, -0.15) is 0 Å². The molecular weight excluding hydrogens is 232 g/mol. The first-order valence-electron chi connectivity index (χ1n) is 7.86. The summed E-state index contributed by atoms with van der Waals surface area (Å²) in [6.07, 6.45) is 7.74. The van der Waals surface area contributed by atoms with Crippen LogP contribution in [0.1, 0.15) is 75.5 Å². The molecule has 0 spiro atoms. The lowest BCUT2D eigenvalue weighted by atomic mass is 9.83. The number of hydrogen-bond acceptors (Lipinski definition) is 1. The zero-order valence-electron chi connectivity index (χ0n) is 12.2. The smallest absolute Gasteiger partial charge is 0.0823 e. The second kappa shape index (κ2) is 4.94. The van der Waals surface area contributed by atoms with E-state index in [1.54, 1.807) is 0 Å². The zero-order valence-corrected chi connectivity index (χ0v) is 12.2. The summed E-state index contributed by atoms with van der Waals surface area (Å²) < 4.78 is 0. The van der Waals surface area contributed by atoms with Gasteiger partial charge in [0.05, 0.1) is 6.10 Å². The molecule has 0 heterocycles. The standard InChI is InChI=1S/C18H26O/c1-18(2)12-16(18)17(19)15-10-8-14(9-11-15)13-6-4-3-5-7-13/h8-11,13,16-17,19H,3-7,12H2,1-2H3. The Morgan fingerprint density at radius 1 is 1.05 bits per heavy atom. The molecule has 104 valence electrons. The van der Waals surface area contributed by atoms with Gasteiger partial charge in [0.15, 0.2) is 0 Å². The van der Waals surface area contributed by atoms with Gasteiger partial charge in [-0.15, -0.1) is 0 Å². The van der Waals surface area contributed by atoms with E-state index in [9.17, 15) is 5.11 Å². The summed E-state index contributed by atoms with van der Waals surface area (Å²) in [5, 5.41) is 10.4. The van der Waals surface area contributed by atoms with E-state index in [1.807, 2.05) is 0 Å². The molecule has 0 radical (unpaired) electrons. The van der Waals surface area contributed by atoms with Crippen LogP contribution in [0.25, 0.3) is 0 Å². The molecule has 2 aliphatic rings. The van der Waals surface area contributed by atoms with Gasteiger partial charge in [0.1, 0.15) is 0 Å². The third-order valence-corrected chi connectivity index (χ3v) is 5.33. The maximum Gasteiger partial charge on any atom is 0.0823 e. The average molecular weight is 258 g/mol. The number of aliphatic hydroxyl groups excluding tert-OH is 1. The molecule has 0 aromatic heterocycles. The van der Waals surface area contributed by atoms with Crippen LogP contribution in [0.5, 0.6) is 0 Å². The zero-order chi connectivity index (χ0) is 13.5. The predicted octanol–water partition coefficient (Wildman–Crippen LogP) is 4.81. The van der Waals surface area contributed by atoms with Gasteiger partial charge in [-0.1, -0.05) is 57.4 Å². The lowest BCUT2D eigenvalue weighted by Gasteiger charge is -2.22. The van der Waals surface area contributed by atoms with Crippen LogP contribution in [-0.2, 0) is 0 Å². The fourth-order valence-corrected chi connectivity index (χ4v) is 3.68. The first-order valence-corrected chi connectivity index (χ1v) is 7.86. The van der Waals surface area contributed by atoms with Crippen molar-refractivity contribution in [2.24, 2.45) is 11.3 Å². The van der Waals surface area contributed by atoms with Crippen molar-refractivity contribution in [1.82, 2.24) is 0 Å². The van der Waals surface area contributed by atoms with E-state index in [1.165, 1.54) is 37.7 Å². The van der Waals surface area contributed by atoms with E-state index in [2.05, 4.69) is 38.1 Å². The average Bonchev–Trinajstić information content (AvgIpc) is 3.08. The molecule has 1 nitrogen and oxygen atoms in total. The molecule has 2 aliphatic carbocycles. The maximum atomic E-state index is 10.4. The summed E-state index contributed by atoms with van der Waals surface area (Å²) in [6, 6.07) is 8.82. The Bertz CT molecular complexity index is 426. The molecule has 0 amide bonds. The van der Waals surface area contributed by atoms with Crippen molar-refractivity contribution in [3.63, 3.8) is 0 Å². The third-order valence-electron chi connectivity index (χ3n) is 5.33. The number of aliphatic hydroxyl groups is 1. The number of benzene rings is 1. The van der Waals surface area contributed by atoms with E-state index in [4.69, 9.17) is 0 Å². The minimum atomic E-state index is -0.268. The van der Waals surface area contributed by atoms with Crippen molar-refractivity contribution in [3.8, 4) is 0 Å². The van der Waals surface area contributed by atoms with Gasteiger partial charge in [-0.05, 0) is 47.6 Å². The van der Waals surface area contributed by atoms with Crippen LogP contribution in [0.3, 0.4) is 0 Å². The highest BCUT2D eigenvalue weighted by Gasteiger charge is 2.50. The van der Waals surface area contributed by atoms with Crippen LogP contribution < -0.4 is 0 Å². The van der Waals surface area contributed by atoms with E-state index in [0.717, 1.165) is 17.9 Å². The molecule has 2 fully saturated rings. The van der Waals surface area contributed by atoms with Gasteiger partial charge in [-0.25, -0.2) is 0 Å². The van der Waals surface area contributed by atoms with Crippen LogP contribution in [-0.4, -0.2) is 5.11 Å². The summed E-state index contributed by atoms with van der Waals surface area (Å²) in [4.78, 5) is 0. The third kappa shape index (κ3) is 2.72. The Balaban J connectivity index is 1.68. The van der Waals surface area contributed by atoms with E-state index >= 15 is 0 Å². The molecule has 1 N–H and O–H groups in total. The van der Waals surface area contributed by atoms with Crippen LogP contribution in [0, 0.1) is 11.3 Å². The lowest BCUT2D eigenvalue weighted by Crippen LogP contribution is -2.07. The molecular formula is C18H26O. The molecule has 2 unspecified atom stereocenters. The normalized spacial score (nSPS) is 28.1. The number of rotatable bonds is 3. The van der Waals surface area contributed by atoms with E-state index in [0.29, 0.717) is 11.3 Å². The maximum absolute atomic E-state index is 10.4. The molecule has 1 aromatic rings. The highest BCUT2D eigenvalue weighted by Crippen LogP contribution is 2.57. The van der Waals surface area contributed by atoms with Crippen molar-refractivity contribution in [2.75, 3.05) is 0 Å². The largest absolute Gasteiger partial charge is 0.388 e. The van der Waals surface area contributed by atoms with Gasteiger partial charge in [-0.3, -0.25) is 0 Å². The first kappa shape index (κ1) is 13.2. The molecule has 0 bridgehead atoms. The van der Waals surface area contributed by atoms with Crippen LogP contribution >= 0.6 is 0 Å². The van der Waals surface area contributed by atoms with Gasteiger partial charge < -0.3 is 5.11 Å². The molecule has 2 atom stereocenters. The Hall–Kier alpha value is -0.820. The molecule has 1 aromatic carbocycles. The Labute approximate surface area is 117 Å². The lowest BCUT2D eigenvalue weighted by molar-refractivity contribution is 0.138. The minimum Gasteiger partial charge on any atom is -0.388 e. The van der Waals surface area contributed by atoms with Crippen LogP contribution in [0.4, 0.5) is 0 Å². The van der Waals surface area contributed by atoms with Gasteiger partial charge in [0.2, 0.25) is 0 Å². The highest BCUT2D eigenvalue weighted by molar-refractivity contribution is 5.28. The predicted molar refractivity (Wildman–Crippen MR) is 79.1 cm³/mol.